The molecule has 0 bridgehead atoms. The zero-order valence-electron chi connectivity index (χ0n) is 12.7. The molecule has 0 fully saturated rings. The highest BCUT2D eigenvalue weighted by Crippen LogP contribution is 2.14. The smallest absolute Gasteiger partial charge is 0.131 e. The number of nitrogens with zero attached hydrogens (tertiary/aromatic N) is 2. The molecule has 0 atom stereocenters. The van der Waals surface area contributed by atoms with Crippen LogP contribution in [0.3, 0.4) is 0 Å². The Hall–Kier alpha value is -1.75. The first-order valence-electron chi connectivity index (χ1n) is 7.13. The minimum atomic E-state index is -0.563. The summed E-state index contributed by atoms with van der Waals surface area (Å²) < 4.78 is 28.3. The van der Waals surface area contributed by atoms with Gasteiger partial charge in [-0.3, -0.25) is 4.68 Å². The van der Waals surface area contributed by atoms with E-state index in [-0.39, 0.29) is 0 Å². The van der Waals surface area contributed by atoms with Crippen molar-refractivity contribution in [3.8, 4) is 0 Å². The lowest BCUT2D eigenvalue weighted by atomic mass is 10.2. The Morgan fingerprint density at radius 2 is 2.00 bits per heavy atom. The Bertz CT molecular complexity index is 606. The third kappa shape index (κ3) is 4.11. The molecule has 3 nitrogen and oxygen atoms in total. The molecule has 2 aromatic rings. The van der Waals surface area contributed by atoms with Crippen LogP contribution in [0.15, 0.2) is 24.4 Å². The second kappa shape index (κ2) is 6.80. The fourth-order valence-corrected chi connectivity index (χ4v) is 2.12. The molecule has 5 heteroatoms. The lowest BCUT2D eigenvalue weighted by molar-refractivity contribution is 0.548. The van der Waals surface area contributed by atoms with Crippen LogP contribution in [0, 0.1) is 24.5 Å². The quantitative estimate of drug-likeness (QED) is 0.886. The first kappa shape index (κ1) is 15.6. The average molecular weight is 293 g/mol. The minimum Gasteiger partial charge on any atom is -0.312 e. The Morgan fingerprint density at radius 3 is 2.67 bits per heavy atom. The molecule has 0 spiro atoms. The van der Waals surface area contributed by atoms with Crippen molar-refractivity contribution in [2.45, 2.75) is 33.9 Å². The predicted octanol–water partition coefficient (Wildman–Crippen LogP) is 3.26. The van der Waals surface area contributed by atoms with Gasteiger partial charge in [-0.1, -0.05) is 19.9 Å². The van der Waals surface area contributed by atoms with Gasteiger partial charge in [-0.25, -0.2) is 8.78 Å². The van der Waals surface area contributed by atoms with Crippen molar-refractivity contribution in [2.75, 3.05) is 6.54 Å². The standard InChI is InChI=1S/C16H21F2N3/c1-11(2)7-19-8-14-9-20-21(12(14)3)10-13-4-5-15(17)6-16(13)18/h4-6,9,11,19H,7-8,10H2,1-3H3. The molecule has 0 aliphatic carbocycles. The normalized spacial score (nSPS) is 11.3. The highest BCUT2D eigenvalue weighted by atomic mass is 19.1. The van der Waals surface area contributed by atoms with E-state index in [0.29, 0.717) is 18.0 Å². The molecule has 0 saturated carbocycles. The van der Waals surface area contributed by atoms with Crippen molar-refractivity contribution >= 4 is 0 Å². The maximum Gasteiger partial charge on any atom is 0.131 e. The first-order valence-corrected chi connectivity index (χ1v) is 7.13. The molecule has 0 radical (unpaired) electrons. The van der Waals surface area contributed by atoms with E-state index in [9.17, 15) is 8.78 Å². The molecule has 1 aromatic carbocycles. The Kier molecular flexibility index (Phi) is 5.07. The Balaban J connectivity index is 2.06. The van der Waals surface area contributed by atoms with Gasteiger partial charge in [0.1, 0.15) is 11.6 Å². The van der Waals surface area contributed by atoms with Gasteiger partial charge in [-0.2, -0.15) is 5.10 Å². The zero-order valence-corrected chi connectivity index (χ0v) is 12.7. The highest BCUT2D eigenvalue weighted by Gasteiger charge is 2.10. The van der Waals surface area contributed by atoms with Gasteiger partial charge in [-0.05, 0) is 25.5 Å². The van der Waals surface area contributed by atoms with Crippen molar-refractivity contribution in [1.82, 2.24) is 15.1 Å². The molecule has 21 heavy (non-hydrogen) atoms. The third-order valence-corrected chi connectivity index (χ3v) is 3.41. The summed E-state index contributed by atoms with van der Waals surface area (Å²) in [5.74, 6) is -0.509. The summed E-state index contributed by atoms with van der Waals surface area (Å²) in [6.07, 6.45) is 1.80. The van der Waals surface area contributed by atoms with Gasteiger partial charge in [0.25, 0.3) is 0 Å². The fraction of sp³-hybridized carbons (Fsp3) is 0.438. The molecule has 114 valence electrons. The van der Waals surface area contributed by atoms with Crippen molar-refractivity contribution in [1.29, 1.82) is 0 Å². The number of hydrogen-bond acceptors (Lipinski definition) is 2. The van der Waals surface area contributed by atoms with Crippen LogP contribution in [0.4, 0.5) is 8.78 Å². The summed E-state index contributed by atoms with van der Waals surface area (Å²) in [6.45, 7) is 8.26. The minimum absolute atomic E-state index is 0.308. The molecule has 0 aliphatic heterocycles. The molecule has 1 aromatic heterocycles. The van der Waals surface area contributed by atoms with Crippen molar-refractivity contribution < 1.29 is 8.78 Å². The maximum atomic E-state index is 13.7. The molecular formula is C16H21F2N3. The van der Waals surface area contributed by atoms with Crippen LogP contribution in [0.25, 0.3) is 0 Å². The summed E-state index contributed by atoms with van der Waals surface area (Å²) in [6, 6.07) is 3.63. The van der Waals surface area contributed by atoms with Crippen molar-refractivity contribution in [3.05, 3.63) is 52.9 Å². The fourth-order valence-electron chi connectivity index (χ4n) is 2.12. The van der Waals surface area contributed by atoms with E-state index >= 15 is 0 Å². The maximum absolute atomic E-state index is 13.7. The van der Waals surface area contributed by atoms with Gasteiger partial charge >= 0.3 is 0 Å². The monoisotopic (exact) mass is 293 g/mol. The number of aromatic nitrogens is 2. The summed E-state index contributed by atoms with van der Waals surface area (Å²) in [4.78, 5) is 0. The first-order chi connectivity index (χ1) is 9.97. The molecule has 0 unspecified atom stereocenters. The second-order valence-corrected chi connectivity index (χ2v) is 5.67. The lowest BCUT2D eigenvalue weighted by Crippen LogP contribution is -2.19. The Labute approximate surface area is 124 Å². The van der Waals surface area contributed by atoms with Crippen LogP contribution in [-0.2, 0) is 13.1 Å². The van der Waals surface area contributed by atoms with Crippen LogP contribution in [-0.4, -0.2) is 16.3 Å². The van der Waals surface area contributed by atoms with Gasteiger partial charge in [0.2, 0.25) is 0 Å². The second-order valence-electron chi connectivity index (χ2n) is 5.67. The average Bonchev–Trinajstić information content (AvgIpc) is 2.74. The van der Waals surface area contributed by atoms with Gasteiger partial charge in [0, 0.05) is 29.4 Å². The summed E-state index contributed by atoms with van der Waals surface area (Å²) in [5.41, 5.74) is 2.53. The molecular weight excluding hydrogens is 272 g/mol. The van der Waals surface area contributed by atoms with E-state index in [2.05, 4.69) is 24.3 Å². The van der Waals surface area contributed by atoms with Crippen LogP contribution < -0.4 is 5.32 Å². The van der Waals surface area contributed by atoms with E-state index in [1.807, 2.05) is 6.92 Å². The van der Waals surface area contributed by atoms with Crippen LogP contribution >= 0.6 is 0 Å². The zero-order chi connectivity index (χ0) is 15.4. The summed E-state index contributed by atoms with van der Waals surface area (Å²) in [7, 11) is 0. The number of halogens is 2. The van der Waals surface area contributed by atoms with Crippen molar-refractivity contribution in [2.24, 2.45) is 5.92 Å². The predicted molar refractivity (Wildman–Crippen MR) is 79.0 cm³/mol. The molecule has 1 N–H and O–H groups in total. The van der Waals surface area contributed by atoms with E-state index in [0.717, 1.165) is 30.4 Å². The SMILES string of the molecule is Cc1c(CNCC(C)C)cnn1Cc1ccc(F)cc1F. The number of benzene rings is 1. The van der Waals surface area contributed by atoms with Gasteiger partial charge in [0.05, 0.1) is 12.7 Å². The highest BCUT2D eigenvalue weighted by molar-refractivity contribution is 5.21. The largest absolute Gasteiger partial charge is 0.312 e. The van der Waals surface area contributed by atoms with Crippen LogP contribution in [0.2, 0.25) is 0 Å². The summed E-state index contributed by atoms with van der Waals surface area (Å²) in [5, 5.41) is 7.65. The molecule has 1 heterocycles. The Morgan fingerprint density at radius 1 is 1.24 bits per heavy atom. The van der Waals surface area contributed by atoms with Crippen LogP contribution in [0.1, 0.15) is 30.7 Å². The lowest BCUT2D eigenvalue weighted by Gasteiger charge is -2.09. The van der Waals surface area contributed by atoms with E-state index in [4.69, 9.17) is 0 Å². The van der Waals surface area contributed by atoms with E-state index < -0.39 is 11.6 Å². The number of hydrogen-bond donors (Lipinski definition) is 1. The molecule has 2 rings (SSSR count). The van der Waals surface area contributed by atoms with E-state index in [1.165, 1.54) is 12.1 Å². The van der Waals surface area contributed by atoms with Gasteiger partial charge in [-0.15, -0.1) is 0 Å². The summed E-state index contributed by atoms with van der Waals surface area (Å²) >= 11 is 0. The van der Waals surface area contributed by atoms with Crippen LogP contribution in [0.5, 0.6) is 0 Å². The van der Waals surface area contributed by atoms with E-state index in [1.54, 1.807) is 10.9 Å². The third-order valence-electron chi connectivity index (χ3n) is 3.41. The van der Waals surface area contributed by atoms with Crippen molar-refractivity contribution in [3.63, 3.8) is 0 Å². The number of rotatable bonds is 6. The molecule has 0 aliphatic rings. The molecule has 0 amide bonds. The van der Waals surface area contributed by atoms with Gasteiger partial charge < -0.3 is 5.32 Å². The van der Waals surface area contributed by atoms with Gasteiger partial charge in [0.15, 0.2) is 0 Å². The number of nitrogens with one attached hydrogen (secondary N) is 1. The molecule has 0 saturated heterocycles. The topological polar surface area (TPSA) is 29.9 Å².